The molecule has 7 heteroatoms. The molecular weight excluding hydrogens is 271 g/mol. The molecule has 5 nitrogen and oxygen atoms in total. The number of aromatic amines is 1. The van der Waals surface area contributed by atoms with Crippen LogP contribution in [0.4, 0.5) is 10.2 Å². The standard InChI is InChI=1S/C12H12ClFN4O/c1-6(2)9-4-10(18-17-9)16-12(19)8-3-7(14)5-15-11(8)13/h3-6H,1-2H3,(H2,16,17,18,19). The second-order valence-electron chi connectivity index (χ2n) is 4.31. The zero-order chi connectivity index (χ0) is 14.0. The zero-order valence-corrected chi connectivity index (χ0v) is 11.1. The van der Waals surface area contributed by atoms with E-state index in [4.69, 9.17) is 11.6 Å². The lowest BCUT2D eigenvalue weighted by atomic mass is 10.1. The SMILES string of the molecule is CC(C)c1cc(NC(=O)c2cc(F)cnc2Cl)n[nH]1. The average Bonchev–Trinajstić information content (AvgIpc) is 2.80. The molecule has 0 spiro atoms. The van der Waals surface area contributed by atoms with Gasteiger partial charge in [0.25, 0.3) is 5.91 Å². The van der Waals surface area contributed by atoms with E-state index in [-0.39, 0.29) is 16.6 Å². The van der Waals surface area contributed by atoms with Crippen molar-refractivity contribution in [2.75, 3.05) is 5.32 Å². The monoisotopic (exact) mass is 282 g/mol. The number of aromatic nitrogens is 3. The quantitative estimate of drug-likeness (QED) is 0.850. The van der Waals surface area contributed by atoms with E-state index in [1.165, 1.54) is 0 Å². The molecule has 2 aromatic heterocycles. The maximum Gasteiger partial charge on any atom is 0.260 e. The largest absolute Gasteiger partial charge is 0.305 e. The highest BCUT2D eigenvalue weighted by Gasteiger charge is 2.14. The first-order valence-corrected chi connectivity index (χ1v) is 6.03. The number of amides is 1. The third-order valence-corrected chi connectivity index (χ3v) is 2.81. The Bertz CT molecular complexity index is 612. The molecule has 0 aliphatic rings. The van der Waals surface area contributed by atoms with Crippen LogP contribution in [0.2, 0.25) is 5.15 Å². The first kappa shape index (κ1) is 13.5. The zero-order valence-electron chi connectivity index (χ0n) is 10.4. The van der Waals surface area contributed by atoms with Crippen molar-refractivity contribution in [3.05, 3.63) is 40.6 Å². The van der Waals surface area contributed by atoms with E-state index in [2.05, 4.69) is 20.5 Å². The predicted molar refractivity (Wildman–Crippen MR) is 69.8 cm³/mol. The molecule has 0 fully saturated rings. The van der Waals surface area contributed by atoms with Crippen molar-refractivity contribution in [2.24, 2.45) is 0 Å². The minimum atomic E-state index is -0.626. The van der Waals surface area contributed by atoms with Crippen LogP contribution >= 0.6 is 11.6 Å². The van der Waals surface area contributed by atoms with Crippen molar-refractivity contribution < 1.29 is 9.18 Å². The summed E-state index contributed by atoms with van der Waals surface area (Å²) in [6, 6.07) is 2.74. The Kier molecular flexibility index (Phi) is 3.80. The molecule has 0 aliphatic carbocycles. The summed E-state index contributed by atoms with van der Waals surface area (Å²) in [5.41, 5.74) is 0.856. The maximum atomic E-state index is 13.0. The molecule has 2 rings (SSSR count). The molecule has 0 aromatic carbocycles. The van der Waals surface area contributed by atoms with Gasteiger partial charge >= 0.3 is 0 Å². The topological polar surface area (TPSA) is 70.7 Å². The van der Waals surface area contributed by atoms with Gasteiger partial charge in [-0.2, -0.15) is 5.10 Å². The van der Waals surface area contributed by atoms with E-state index in [0.29, 0.717) is 5.82 Å². The number of nitrogens with zero attached hydrogens (tertiary/aromatic N) is 2. The number of halogens is 2. The summed E-state index contributed by atoms with van der Waals surface area (Å²) in [7, 11) is 0. The number of carbonyl (C=O) groups excluding carboxylic acids is 1. The van der Waals surface area contributed by atoms with Gasteiger partial charge in [0.05, 0.1) is 11.8 Å². The van der Waals surface area contributed by atoms with Crippen LogP contribution in [0, 0.1) is 5.82 Å². The van der Waals surface area contributed by atoms with Crippen molar-refractivity contribution in [1.82, 2.24) is 15.2 Å². The minimum Gasteiger partial charge on any atom is -0.305 e. The fourth-order valence-electron chi connectivity index (χ4n) is 1.46. The van der Waals surface area contributed by atoms with Crippen LogP contribution in [0.1, 0.15) is 35.8 Å². The number of pyridine rings is 1. The van der Waals surface area contributed by atoms with Gasteiger partial charge in [-0.3, -0.25) is 9.89 Å². The summed E-state index contributed by atoms with van der Waals surface area (Å²) in [6.45, 7) is 3.99. The fourth-order valence-corrected chi connectivity index (χ4v) is 1.65. The summed E-state index contributed by atoms with van der Waals surface area (Å²) in [5.74, 6) is -0.565. The smallest absolute Gasteiger partial charge is 0.260 e. The van der Waals surface area contributed by atoms with Crippen molar-refractivity contribution >= 4 is 23.3 Å². The Morgan fingerprint density at radius 1 is 1.47 bits per heavy atom. The van der Waals surface area contributed by atoms with Gasteiger partial charge in [-0.05, 0) is 12.0 Å². The number of anilines is 1. The van der Waals surface area contributed by atoms with E-state index in [1.807, 2.05) is 13.8 Å². The summed E-state index contributed by atoms with van der Waals surface area (Å²) in [4.78, 5) is 15.5. The van der Waals surface area contributed by atoms with Gasteiger partial charge < -0.3 is 5.32 Å². The highest BCUT2D eigenvalue weighted by Crippen LogP contribution is 2.18. The van der Waals surface area contributed by atoms with Crippen LogP contribution in [0.5, 0.6) is 0 Å². The molecule has 100 valence electrons. The van der Waals surface area contributed by atoms with Crippen LogP contribution in [0.15, 0.2) is 18.3 Å². The normalized spacial score (nSPS) is 10.8. The highest BCUT2D eigenvalue weighted by atomic mass is 35.5. The van der Waals surface area contributed by atoms with Gasteiger partial charge in [0, 0.05) is 11.8 Å². The third kappa shape index (κ3) is 3.08. The van der Waals surface area contributed by atoms with Crippen LogP contribution < -0.4 is 5.32 Å². The van der Waals surface area contributed by atoms with Crippen molar-refractivity contribution in [2.45, 2.75) is 19.8 Å². The lowest BCUT2D eigenvalue weighted by Gasteiger charge is -2.03. The van der Waals surface area contributed by atoms with E-state index < -0.39 is 11.7 Å². The van der Waals surface area contributed by atoms with E-state index >= 15 is 0 Å². The molecule has 0 saturated carbocycles. The van der Waals surface area contributed by atoms with E-state index in [9.17, 15) is 9.18 Å². The lowest BCUT2D eigenvalue weighted by molar-refractivity contribution is 0.102. The second-order valence-corrected chi connectivity index (χ2v) is 4.67. The molecule has 0 radical (unpaired) electrons. The molecule has 19 heavy (non-hydrogen) atoms. The number of nitrogens with one attached hydrogen (secondary N) is 2. The molecule has 1 amide bonds. The summed E-state index contributed by atoms with van der Waals surface area (Å²) >= 11 is 5.75. The van der Waals surface area contributed by atoms with Crippen molar-refractivity contribution in [3.8, 4) is 0 Å². The Morgan fingerprint density at radius 3 is 2.84 bits per heavy atom. The molecule has 0 atom stereocenters. The molecule has 2 N–H and O–H groups in total. The van der Waals surface area contributed by atoms with Crippen LogP contribution in [-0.4, -0.2) is 21.1 Å². The Hall–Kier alpha value is -1.95. The molecular formula is C12H12ClFN4O. The Morgan fingerprint density at radius 2 is 2.21 bits per heavy atom. The molecule has 2 aromatic rings. The first-order valence-electron chi connectivity index (χ1n) is 5.65. The number of hydrogen-bond donors (Lipinski definition) is 2. The lowest BCUT2D eigenvalue weighted by Crippen LogP contribution is -2.13. The first-order chi connectivity index (χ1) is 8.97. The van der Waals surface area contributed by atoms with Gasteiger partial charge in [0.1, 0.15) is 11.0 Å². The molecule has 2 heterocycles. The van der Waals surface area contributed by atoms with Crippen LogP contribution in [-0.2, 0) is 0 Å². The molecule has 0 bridgehead atoms. The van der Waals surface area contributed by atoms with Gasteiger partial charge in [-0.15, -0.1) is 0 Å². The third-order valence-electron chi connectivity index (χ3n) is 2.51. The van der Waals surface area contributed by atoms with Crippen LogP contribution in [0.25, 0.3) is 0 Å². The Balaban J connectivity index is 2.18. The fraction of sp³-hybridized carbons (Fsp3) is 0.250. The van der Waals surface area contributed by atoms with Gasteiger partial charge in [-0.25, -0.2) is 9.37 Å². The summed E-state index contributed by atoms with van der Waals surface area (Å²) in [6.07, 6.45) is 0.949. The second kappa shape index (κ2) is 5.36. The highest BCUT2D eigenvalue weighted by molar-refractivity contribution is 6.33. The maximum absolute atomic E-state index is 13.0. The van der Waals surface area contributed by atoms with Gasteiger partial charge in [0.15, 0.2) is 5.82 Å². The molecule has 0 aliphatic heterocycles. The van der Waals surface area contributed by atoms with Gasteiger partial charge in [0.2, 0.25) is 0 Å². The van der Waals surface area contributed by atoms with Gasteiger partial charge in [-0.1, -0.05) is 25.4 Å². The van der Waals surface area contributed by atoms with Crippen LogP contribution in [0.3, 0.4) is 0 Å². The predicted octanol–water partition coefficient (Wildman–Crippen LogP) is 2.97. The number of H-pyrrole nitrogens is 1. The van der Waals surface area contributed by atoms with E-state index in [0.717, 1.165) is 18.0 Å². The molecule has 0 saturated heterocycles. The number of hydrogen-bond acceptors (Lipinski definition) is 3. The molecule has 0 unspecified atom stereocenters. The number of carbonyl (C=O) groups is 1. The number of rotatable bonds is 3. The summed E-state index contributed by atoms with van der Waals surface area (Å²) < 4.78 is 13.0. The van der Waals surface area contributed by atoms with Crippen molar-refractivity contribution in [3.63, 3.8) is 0 Å². The minimum absolute atomic E-state index is 0.0317. The van der Waals surface area contributed by atoms with Crippen molar-refractivity contribution in [1.29, 1.82) is 0 Å². The summed E-state index contributed by atoms with van der Waals surface area (Å²) in [5, 5.41) is 9.21. The van der Waals surface area contributed by atoms with E-state index in [1.54, 1.807) is 6.07 Å². The average molecular weight is 283 g/mol. The Labute approximate surface area is 114 Å².